The summed E-state index contributed by atoms with van der Waals surface area (Å²) in [4.78, 5) is 25.8. The molecule has 3 amide bonds. The van der Waals surface area contributed by atoms with Crippen molar-refractivity contribution in [2.75, 3.05) is 25.0 Å². The van der Waals surface area contributed by atoms with Crippen molar-refractivity contribution in [3.8, 4) is 0 Å². The zero-order valence-electron chi connectivity index (χ0n) is 14.7. The lowest BCUT2D eigenvalue weighted by molar-refractivity contribution is 0.0950. The standard InChI is InChI=1S/C19H21F2N3O2S/c20-15-9-16(21)11-17(10-15)23-19(26)24-6-2-13(3-7-24)1-5-22-18(25)14-4-8-27-12-14/h4,8-13H,1-3,5-7H2,(H,22,25)(H,23,26). The Labute approximate surface area is 160 Å². The van der Waals surface area contributed by atoms with Crippen molar-refractivity contribution < 1.29 is 18.4 Å². The number of likely N-dealkylation sites (tertiary alicyclic amines) is 1. The van der Waals surface area contributed by atoms with Gasteiger partial charge in [-0.2, -0.15) is 11.3 Å². The molecule has 2 heterocycles. The van der Waals surface area contributed by atoms with E-state index in [9.17, 15) is 18.4 Å². The fourth-order valence-corrected chi connectivity index (χ4v) is 3.77. The number of hydrogen-bond donors (Lipinski definition) is 2. The van der Waals surface area contributed by atoms with Gasteiger partial charge in [0.25, 0.3) is 5.91 Å². The smallest absolute Gasteiger partial charge is 0.321 e. The summed E-state index contributed by atoms with van der Waals surface area (Å²) in [5, 5.41) is 9.13. The molecule has 1 saturated heterocycles. The molecule has 0 unspecified atom stereocenters. The number of urea groups is 1. The predicted molar refractivity (Wildman–Crippen MR) is 101 cm³/mol. The van der Waals surface area contributed by atoms with Crippen LogP contribution in [-0.2, 0) is 0 Å². The lowest BCUT2D eigenvalue weighted by atomic mass is 9.93. The minimum atomic E-state index is -0.728. The van der Waals surface area contributed by atoms with Crippen molar-refractivity contribution in [1.29, 1.82) is 0 Å². The molecule has 1 aromatic carbocycles. The fourth-order valence-electron chi connectivity index (χ4n) is 3.14. The Morgan fingerprint density at radius 2 is 1.85 bits per heavy atom. The van der Waals surface area contributed by atoms with Crippen molar-refractivity contribution in [3.05, 3.63) is 52.2 Å². The molecule has 1 fully saturated rings. The van der Waals surface area contributed by atoms with Gasteiger partial charge in [0.15, 0.2) is 0 Å². The van der Waals surface area contributed by atoms with Crippen molar-refractivity contribution in [1.82, 2.24) is 10.2 Å². The van der Waals surface area contributed by atoms with Gasteiger partial charge in [-0.15, -0.1) is 0 Å². The Hall–Kier alpha value is -2.48. The molecule has 1 aliphatic heterocycles. The van der Waals surface area contributed by atoms with E-state index in [1.54, 1.807) is 11.0 Å². The maximum Gasteiger partial charge on any atom is 0.321 e. The number of carbonyl (C=O) groups is 2. The highest BCUT2D eigenvalue weighted by Gasteiger charge is 2.23. The SMILES string of the molecule is O=C(NCCC1CCN(C(=O)Nc2cc(F)cc(F)c2)CC1)c1ccsc1. The lowest BCUT2D eigenvalue weighted by Crippen LogP contribution is -2.41. The van der Waals surface area contributed by atoms with Crippen LogP contribution in [0.5, 0.6) is 0 Å². The average molecular weight is 393 g/mol. The summed E-state index contributed by atoms with van der Waals surface area (Å²) in [6.07, 6.45) is 2.53. The molecule has 0 saturated carbocycles. The molecular weight excluding hydrogens is 372 g/mol. The molecule has 8 heteroatoms. The molecule has 1 aromatic heterocycles. The first-order chi connectivity index (χ1) is 13.0. The molecule has 0 radical (unpaired) electrons. The molecule has 2 N–H and O–H groups in total. The lowest BCUT2D eigenvalue weighted by Gasteiger charge is -2.32. The summed E-state index contributed by atoms with van der Waals surface area (Å²) >= 11 is 1.49. The maximum atomic E-state index is 13.2. The topological polar surface area (TPSA) is 61.4 Å². The van der Waals surface area contributed by atoms with Gasteiger partial charge in [0.2, 0.25) is 0 Å². The molecule has 27 heavy (non-hydrogen) atoms. The summed E-state index contributed by atoms with van der Waals surface area (Å²) in [5.41, 5.74) is 0.788. The number of thiophene rings is 1. The van der Waals surface area contributed by atoms with Gasteiger partial charge >= 0.3 is 6.03 Å². The Morgan fingerprint density at radius 3 is 2.48 bits per heavy atom. The third kappa shape index (κ3) is 5.50. The third-order valence-electron chi connectivity index (χ3n) is 4.64. The Kier molecular flexibility index (Phi) is 6.39. The van der Waals surface area contributed by atoms with Crippen LogP contribution in [0.4, 0.5) is 19.3 Å². The first-order valence-electron chi connectivity index (χ1n) is 8.83. The molecule has 0 spiro atoms. The van der Waals surface area contributed by atoms with Gasteiger partial charge in [-0.1, -0.05) is 0 Å². The number of nitrogens with one attached hydrogen (secondary N) is 2. The molecule has 144 valence electrons. The molecule has 0 atom stereocenters. The number of hydrogen-bond acceptors (Lipinski definition) is 3. The second-order valence-corrected chi connectivity index (χ2v) is 7.36. The van der Waals surface area contributed by atoms with E-state index < -0.39 is 11.6 Å². The van der Waals surface area contributed by atoms with Gasteiger partial charge in [-0.05, 0) is 48.8 Å². The van der Waals surface area contributed by atoms with Crippen LogP contribution in [-0.4, -0.2) is 36.5 Å². The first kappa shape index (κ1) is 19.3. The Balaban J connectivity index is 1.39. The molecular formula is C19H21F2N3O2S. The van der Waals surface area contributed by atoms with Crippen LogP contribution in [0.2, 0.25) is 0 Å². The highest BCUT2D eigenvalue weighted by Crippen LogP contribution is 2.21. The fraction of sp³-hybridized carbons (Fsp3) is 0.368. The summed E-state index contributed by atoms with van der Waals surface area (Å²) in [6.45, 7) is 1.76. The molecule has 1 aliphatic rings. The quantitative estimate of drug-likeness (QED) is 0.804. The van der Waals surface area contributed by atoms with E-state index in [0.717, 1.165) is 37.5 Å². The number of carbonyl (C=O) groups excluding carboxylic acids is 2. The number of anilines is 1. The molecule has 0 bridgehead atoms. The Bertz CT molecular complexity index is 770. The van der Waals surface area contributed by atoms with E-state index in [0.29, 0.717) is 31.1 Å². The number of piperidine rings is 1. The zero-order valence-corrected chi connectivity index (χ0v) is 15.5. The normalized spacial score (nSPS) is 14.8. The molecule has 5 nitrogen and oxygen atoms in total. The van der Waals surface area contributed by atoms with Gasteiger partial charge in [0, 0.05) is 42.3 Å². The van der Waals surface area contributed by atoms with E-state index >= 15 is 0 Å². The predicted octanol–water partition coefficient (Wildman–Crippen LogP) is 4.09. The van der Waals surface area contributed by atoms with Gasteiger partial charge in [-0.25, -0.2) is 13.6 Å². The maximum absolute atomic E-state index is 13.2. The minimum Gasteiger partial charge on any atom is -0.352 e. The van der Waals surface area contributed by atoms with E-state index in [4.69, 9.17) is 0 Å². The number of nitrogens with zero attached hydrogens (tertiary/aromatic N) is 1. The van der Waals surface area contributed by atoms with Crippen molar-refractivity contribution in [2.45, 2.75) is 19.3 Å². The summed E-state index contributed by atoms with van der Waals surface area (Å²) in [6, 6.07) is 4.37. The third-order valence-corrected chi connectivity index (χ3v) is 5.32. The van der Waals surface area contributed by atoms with Crippen LogP contribution >= 0.6 is 11.3 Å². The van der Waals surface area contributed by atoms with Gasteiger partial charge in [0.05, 0.1) is 0 Å². The van der Waals surface area contributed by atoms with Crippen LogP contribution in [0.3, 0.4) is 0 Å². The Morgan fingerprint density at radius 1 is 1.15 bits per heavy atom. The second kappa shape index (κ2) is 8.94. The molecule has 0 aliphatic carbocycles. The van der Waals surface area contributed by atoms with Crippen molar-refractivity contribution >= 4 is 29.0 Å². The average Bonchev–Trinajstić information content (AvgIpc) is 3.16. The van der Waals surface area contributed by atoms with Gasteiger partial charge in [0.1, 0.15) is 11.6 Å². The zero-order chi connectivity index (χ0) is 19.2. The van der Waals surface area contributed by atoms with Crippen LogP contribution in [0.25, 0.3) is 0 Å². The van der Waals surface area contributed by atoms with Crippen molar-refractivity contribution in [2.24, 2.45) is 5.92 Å². The van der Waals surface area contributed by atoms with E-state index in [2.05, 4.69) is 10.6 Å². The monoisotopic (exact) mass is 393 g/mol. The minimum absolute atomic E-state index is 0.0598. The highest BCUT2D eigenvalue weighted by atomic mass is 32.1. The first-order valence-corrected chi connectivity index (χ1v) is 9.78. The molecule has 3 rings (SSSR count). The van der Waals surface area contributed by atoms with Crippen molar-refractivity contribution in [3.63, 3.8) is 0 Å². The van der Waals surface area contributed by atoms with Crippen LogP contribution in [0.1, 0.15) is 29.6 Å². The second-order valence-electron chi connectivity index (χ2n) is 6.58. The van der Waals surface area contributed by atoms with E-state index in [1.165, 1.54) is 11.3 Å². The molecule has 2 aromatic rings. The van der Waals surface area contributed by atoms with Gasteiger partial charge in [-0.3, -0.25) is 4.79 Å². The number of rotatable bonds is 5. The number of benzene rings is 1. The largest absolute Gasteiger partial charge is 0.352 e. The summed E-state index contributed by atoms with van der Waals surface area (Å²) in [5.74, 6) is -1.08. The highest BCUT2D eigenvalue weighted by molar-refractivity contribution is 7.08. The van der Waals surface area contributed by atoms with Crippen LogP contribution < -0.4 is 10.6 Å². The number of amides is 3. The van der Waals surface area contributed by atoms with E-state index in [1.807, 2.05) is 10.8 Å². The van der Waals surface area contributed by atoms with Crippen LogP contribution in [0, 0.1) is 17.6 Å². The van der Waals surface area contributed by atoms with Crippen LogP contribution in [0.15, 0.2) is 35.0 Å². The van der Waals surface area contributed by atoms with E-state index in [-0.39, 0.29) is 17.6 Å². The summed E-state index contributed by atoms with van der Waals surface area (Å²) < 4.78 is 26.4. The van der Waals surface area contributed by atoms with Gasteiger partial charge < -0.3 is 15.5 Å². The summed E-state index contributed by atoms with van der Waals surface area (Å²) in [7, 11) is 0. The number of halogens is 2.